The number of fused-ring (bicyclic) bond motifs is 1. The van der Waals surface area contributed by atoms with E-state index in [2.05, 4.69) is 5.32 Å². The van der Waals surface area contributed by atoms with E-state index in [1.807, 2.05) is 36.4 Å². The average Bonchev–Trinajstić information content (AvgIpc) is 2.38. The van der Waals surface area contributed by atoms with Gasteiger partial charge in [-0.05, 0) is 41.3 Å². The Morgan fingerprint density at radius 2 is 1.94 bits per heavy atom. The summed E-state index contributed by atoms with van der Waals surface area (Å²) < 4.78 is 0. The van der Waals surface area contributed by atoms with Crippen molar-refractivity contribution in [2.24, 2.45) is 0 Å². The zero-order chi connectivity index (χ0) is 12.5. The normalized spacial score (nSPS) is 18.4. The lowest BCUT2D eigenvalue weighted by Crippen LogP contribution is -2.30. The summed E-state index contributed by atoms with van der Waals surface area (Å²) in [4.78, 5) is 0. The van der Waals surface area contributed by atoms with Crippen molar-refractivity contribution < 1.29 is 5.11 Å². The zero-order valence-corrected chi connectivity index (χ0v) is 10.6. The molecule has 0 saturated carbocycles. The Labute approximate surface area is 111 Å². The maximum absolute atomic E-state index is 9.55. The SMILES string of the molecule is Oc1ccc2c(c1)CCNC2c1ccccc1Cl. The molecule has 1 aliphatic rings. The van der Waals surface area contributed by atoms with Crippen molar-refractivity contribution in [3.63, 3.8) is 0 Å². The van der Waals surface area contributed by atoms with Gasteiger partial charge in [0.05, 0.1) is 6.04 Å². The van der Waals surface area contributed by atoms with Crippen LogP contribution >= 0.6 is 11.6 Å². The topological polar surface area (TPSA) is 32.3 Å². The monoisotopic (exact) mass is 259 g/mol. The first kappa shape index (κ1) is 11.6. The number of phenolic OH excluding ortho intramolecular Hbond substituents is 1. The first-order valence-corrected chi connectivity index (χ1v) is 6.43. The lowest BCUT2D eigenvalue weighted by atomic mass is 9.90. The number of phenols is 1. The molecule has 0 radical (unpaired) electrons. The molecule has 2 aromatic rings. The predicted octanol–water partition coefficient (Wildman–Crippen LogP) is 3.28. The Morgan fingerprint density at radius 3 is 2.78 bits per heavy atom. The Hall–Kier alpha value is -1.51. The third-order valence-corrected chi connectivity index (χ3v) is 3.74. The van der Waals surface area contributed by atoms with Crippen molar-refractivity contribution in [2.75, 3.05) is 6.54 Å². The van der Waals surface area contributed by atoms with Gasteiger partial charge in [-0.3, -0.25) is 0 Å². The molecule has 18 heavy (non-hydrogen) atoms. The molecule has 1 atom stereocenters. The summed E-state index contributed by atoms with van der Waals surface area (Å²) in [5.74, 6) is 0.327. The number of halogens is 1. The predicted molar refractivity (Wildman–Crippen MR) is 73.1 cm³/mol. The van der Waals surface area contributed by atoms with Crippen LogP contribution in [0, 0.1) is 0 Å². The van der Waals surface area contributed by atoms with Gasteiger partial charge in [0.1, 0.15) is 5.75 Å². The van der Waals surface area contributed by atoms with E-state index in [9.17, 15) is 5.11 Å². The first-order valence-electron chi connectivity index (χ1n) is 6.05. The van der Waals surface area contributed by atoms with Gasteiger partial charge in [0.15, 0.2) is 0 Å². The summed E-state index contributed by atoms with van der Waals surface area (Å²) in [5.41, 5.74) is 3.48. The molecule has 3 heteroatoms. The van der Waals surface area contributed by atoms with E-state index in [-0.39, 0.29) is 6.04 Å². The smallest absolute Gasteiger partial charge is 0.115 e. The van der Waals surface area contributed by atoms with Crippen molar-refractivity contribution in [1.29, 1.82) is 0 Å². The fraction of sp³-hybridized carbons (Fsp3) is 0.200. The second-order valence-electron chi connectivity index (χ2n) is 4.54. The van der Waals surface area contributed by atoms with Crippen LogP contribution in [0.15, 0.2) is 42.5 Å². The fourth-order valence-corrected chi connectivity index (χ4v) is 2.78. The maximum atomic E-state index is 9.55. The average molecular weight is 260 g/mol. The standard InChI is InChI=1S/C15H14ClNO/c16-14-4-2-1-3-13(14)15-12-6-5-11(18)9-10(12)7-8-17-15/h1-6,9,15,17-18H,7-8H2. The van der Waals surface area contributed by atoms with E-state index in [4.69, 9.17) is 11.6 Å². The Bertz CT molecular complexity index is 582. The molecule has 0 spiro atoms. The van der Waals surface area contributed by atoms with Gasteiger partial charge in [0.2, 0.25) is 0 Å². The summed E-state index contributed by atoms with van der Waals surface area (Å²) in [6.07, 6.45) is 0.935. The van der Waals surface area contributed by atoms with Crippen molar-refractivity contribution in [2.45, 2.75) is 12.5 Å². The van der Waals surface area contributed by atoms with Crippen LogP contribution in [0.25, 0.3) is 0 Å². The van der Waals surface area contributed by atoms with Gasteiger partial charge in [-0.2, -0.15) is 0 Å². The van der Waals surface area contributed by atoms with Crippen LogP contribution in [-0.4, -0.2) is 11.7 Å². The molecule has 2 aromatic carbocycles. The molecule has 0 bridgehead atoms. The molecule has 2 N–H and O–H groups in total. The third-order valence-electron chi connectivity index (χ3n) is 3.40. The fourth-order valence-electron chi connectivity index (χ4n) is 2.54. The molecule has 1 unspecified atom stereocenters. The molecule has 2 nitrogen and oxygen atoms in total. The minimum Gasteiger partial charge on any atom is -0.508 e. The van der Waals surface area contributed by atoms with Crippen LogP contribution < -0.4 is 5.32 Å². The van der Waals surface area contributed by atoms with Crippen LogP contribution in [0.1, 0.15) is 22.7 Å². The highest BCUT2D eigenvalue weighted by Gasteiger charge is 2.22. The molecule has 1 aliphatic heterocycles. The second kappa shape index (κ2) is 4.63. The van der Waals surface area contributed by atoms with E-state index < -0.39 is 0 Å². The van der Waals surface area contributed by atoms with E-state index in [0.717, 1.165) is 23.6 Å². The molecule has 0 aromatic heterocycles. The second-order valence-corrected chi connectivity index (χ2v) is 4.95. The van der Waals surface area contributed by atoms with Gasteiger partial charge in [0.25, 0.3) is 0 Å². The highest BCUT2D eigenvalue weighted by atomic mass is 35.5. The number of hydrogen-bond donors (Lipinski definition) is 2. The summed E-state index contributed by atoms with van der Waals surface area (Å²) in [6, 6.07) is 13.6. The van der Waals surface area contributed by atoms with E-state index in [1.165, 1.54) is 11.1 Å². The van der Waals surface area contributed by atoms with Crippen LogP contribution in [0.4, 0.5) is 0 Å². The van der Waals surface area contributed by atoms with Crippen LogP contribution in [0.2, 0.25) is 5.02 Å². The van der Waals surface area contributed by atoms with Gasteiger partial charge >= 0.3 is 0 Å². The molecular weight excluding hydrogens is 246 g/mol. The number of aromatic hydroxyl groups is 1. The third kappa shape index (κ3) is 1.98. The minimum atomic E-state index is 0.114. The quantitative estimate of drug-likeness (QED) is 0.824. The van der Waals surface area contributed by atoms with Gasteiger partial charge in [0, 0.05) is 11.6 Å². The van der Waals surface area contributed by atoms with Crippen molar-refractivity contribution in [3.8, 4) is 5.75 Å². The van der Waals surface area contributed by atoms with Crippen LogP contribution in [0.5, 0.6) is 5.75 Å². The molecule has 1 heterocycles. The summed E-state index contributed by atoms with van der Waals surface area (Å²) >= 11 is 6.27. The van der Waals surface area contributed by atoms with E-state index in [0.29, 0.717) is 5.75 Å². The van der Waals surface area contributed by atoms with Gasteiger partial charge < -0.3 is 10.4 Å². The molecule has 92 valence electrons. The Kier molecular flexibility index (Phi) is 2.98. The van der Waals surface area contributed by atoms with Crippen molar-refractivity contribution >= 4 is 11.6 Å². The molecule has 0 fully saturated rings. The number of rotatable bonds is 1. The summed E-state index contributed by atoms with van der Waals surface area (Å²) in [7, 11) is 0. The Balaban J connectivity index is 2.09. The van der Waals surface area contributed by atoms with Gasteiger partial charge in [-0.1, -0.05) is 35.9 Å². The minimum absolute atomic E-state index is 0.114. The highest BCUT2D eigenvalue weighted by molar-refractivity contribution is 6.31. The molecule has 3 rings (SSSR count). The lowest BCUT2D eigenvalue weighted by molar-refractivity contribution is 0.471. The van der Waals surface area contributed by atoms with Gasteiger partial charge in [-0.25, -0.2) is 0 Å². The van der Waals surface area contributed by atoms with Gasteiger partial charge in [-0.15, -0.1) is 0 Å². The van der Waals surface area contributed by atoms with E-state index in [1.54, 1.807) is 6.07 Å². The molecule has 0 amide bonds. The molecule has 0 saturated heterocycles. The largest absolute Gasteiger partial charge is 0.508 e. The first-order chi connectivity index (χ1) is 8.75. The lowest BCUT2D eigenvalue weighted by Gasteiger charge is -2.28. The molecular formula is C15H14ClNO. The number of benzene rings is 2. The number of hydrogen-bond acceptors (Lipinski definition) is 2. The maximum Gasteiger partial charge on any atom is 0.115 e. The zero-order valence-electron chi connectivity index (χ0n) is 9.86. The molecule has 0 aliphatic carbocycles. The summed E-state index contributed by atoms with van der Waals surface area (Å²) in [6.45, 7) is 0.895. The van der Waals surface area contributed by atoms with Crippen molar-refractivity contribution in [1.82, 2.24) is 5.32 Å². The highest BCUT2D eigenvalue weighted by Crippen LogP contribution is 2.33. The van der Waals surface area contributed by atoms with Crippen LogP contribution in [-0.2, 0) is 6.42 Å². The Morgan fingerprint density at radius 1 is 1.11 bits per heavy atom. The van der Waals surface area contributed by atoms with E-state index >= 15 is 0 Å². The summed E-state index contributed by atoms with van der Waals surface area (Å²) in [5, 5.41) is 13.8. The van der Waals surface area contributed by atoms with Crippen molar-refractivity contribution in [3.05, 3.63) is 64.2 Å². The van der Waals surface area contributed by atoms with Crippen LogP contribution in [0.3, 0.4) is 0 Å². The number of nitrogens with one attached hydrogen (secondary N) is 1.